The summed E-state index contributed by atoms with van der Waals surface area (Å²) >= 11 is 0. The molecule has 0 aromatic heterocycles. The monoisotopic (exact) mass is 373 g/mol. The Kier molecular flexibility index (Phi) is 18.9. The van der Waals surface area contributed by atoms with Gasteiger partial charge in [-0.25, -0.2) is 0 Å². The van der Waals surface area contributed by atoms with Crippen molar-refractivity contribution in [3.63, 3.8) is 0 Å². The largest absolute Gasteiger partial charge is 0.394 e. The minimum Gasteiger partial charge on any atom is -0.394 e. The van der Waals surface area contributed by atoms with E-state index in [1.807, 2.05) is 0 Å². The second kappa shape index (κ2) is 20.4. The molecule has 1 unspecified atom stereocenters. The van der Waals surface area contributed by atoms with Crippen LogP contribution in [-0.2, 0) is 4.79 Å². The molecule has 0 aliphatic heterocycles. The molecule has 4 heteroatoms. The number of aliphatic hydroxyl groups excluding tert-OH is 2. The predicted octanol–water partition coefficient (Wildman–Crippen LogP) is 3.17. The van der Waals surface area contributed by atoms with Crippen molar-refractivity contribution in [2.45, 2.75) is 90.1 Å². The van der Waals surface area contributed by atoms with Gasteiger partial charge in [0.1, 0.15) is 0 Å². The van der Waals surface area contributed by atoms with E-state index in [0.29, 0.717) is 32.1 Å². The molecular weight excluding hydrogens is 338 g/mol. The molecule has 27 heavy (non-hydrogen) atoms. The van der Waals surface area contributed by atoms with E-state index in [2.05, 4.69) is 47.8 Å². The molecule has 0 saturated heterocycles. The quantitative estimate of drug-likeness (QED) is 0.363. The Bertz CT molecular complexity index is 551. The third-order valence-electron chi connectivity index (χ3n) is 3.84. The third-order valence-corrected chi connectivity index (χ3v) is 3.84. The second-order valence-electron chi connectivity index (χ2n) is 6.43. The fourth-order valence-corrected chi connectivity index (χ4v) is 2.23. The van der Waals surface area contributed by atoms with E-state index in [9.17, 15) is 4.79 Å². The molecule has 0 spiro atoms. The summed E-state index contributed by atoms with van der Waals surface area (Å²) in [5.41, 5.74) is 0. The molecule has 0 rings (SSSR count). The lowest BCUT2D eigenvalue weighted by molar-refractivity contribution is -0.121. The highest BCUT2D eigenvalue weighted by Crippen LogP contribution is 2.06. The van der Waals surface area contributed by atoms with Crippen molar-refractivity contribution in [3.8, 4) is 35.5 Å². The number of carbonyl (C=O) groups excluding carboxylic acids is 1. The van der Waals surface area contributed by atoms with Gasteiger partial charge in [0.2, 0.25) is 5.91 Å². The maximum atomic E-state index is 11.4. The van der Waals surface area contributed by atoms with Gasteiger partial charge in [-0.05, 0) is 12.8 Å². The first kappa shape index (κ1) is 25.1. The lowest BCUT2D eigenvalue weighted by Crippen LogP contribution is -2.33. The first-order valence-electron chi connectivity index (χ1n) is 10.1. The lowest BCUT2D eigenvalue weighted by atomic mass is 10.1. The summed E-state index contributed by atoms with van der Waals surface area (Å²) in [5, 5.41) is 20.3. The molecule has 4 nitrogen and oxygen atoms in total. The highest BCUT2D eigenvalue weighted by Gasteiger charge is 2.04. The van der Waals surface area contributed by atoms with Gasteiger partial charge < -0.3 is 15.5 Å². The third kappa shape index (κ3) is 20.2. The van der Waals surface area contributed by atoms with Crippen molar-refractivity contribution in [2.24, 2.45) is 0 Å². The summed E-state index contributed by atoms with van der Waals surface area (Å²) in [6.45, 7) is 1.96. The average molecular weight is 374 g/mol. The number of rotatable bonds is 12. The lowest BCUT2D eigenvalue weighted by Gasteiger charge is -2.08. The Labute approximate surface area is 165 Å². The average Bonchev–Trinajstić information content (AvgIpc) is 2.68. The molecule has 3 N–H and O–H groups in total. The number of carbonyl (C=O) groups is 1. The molecule has 0 radical (unpaired) electrons. The molecule has 0 bridgehead atoms. The molecule has 150 valence electrons. The standard InChI is InChI=1S/C23H35NO3/c1-2-3-4-5-6-7-8-9-10-11-12-13-14-15-16-17-18-19-23(27)24-20-22(26)21-25/h22,25-26H,2-8,11,14,17-21H2,1H3,(H,24,27). The van der Waals surface area contributed by atoms with Crippen LogP contribution in [0.5, 0.6) is 0 Å². The SMILES string of the molecule is CCCCCCCCC#CCC#CCC#CCCCC(=O)NCC(O)CO. The van der Waals surface area contributed by atoms with Gasteiger partial charge >= 0.3 is 0 Å². The molecule has 1 amide bonds. The fraction of sp³-hybridized carbons (Fsp3) is 0.696. The molecule has 0 aromatic rings. The van der Waals surface area contributed by atoms with Crippen LogP contribution < -0.4 is 5.32 Å². The van der Waals surface area contributed by atoms with Gasteiger partial charge in [-0.3, -0.25) is 4.79 Å². The minimum absolute atomic E-state index is 0.0818. The summed E-state index contributed by atoms with van der Waals surface area (Å²) in [6, 6.07) is 0. The maximum Gasteiger partial charge on any atom is 0.220 e. The van der Waals surface area contributed by atoms with Gasteiger partial charge in [0, 0.05) is 25.8 Å². The summed E-state index contributed by atoms with van der Waals surface area (Å²) in [4.78, 5) is 11.4. The van der Waals surface area contributed by atoms with Crippen LogP contribution in [0.1, 0.15) is 84.0 Å². The van der Waals surface area contributed by atoms with Crippen molar-refractivity contribution in [1.29, 1.82) is 0 Å². The van der Waals surface area contributed by atoms with E-state index in [4.69, 9.17) is 10.2 Å². The van der Waals surface area contributed by atoms with Crippen LogP contribution >= 0.6 is 0 Å². The van der Waals surface area contributed by atoms with Crippen LogP contribution in [-0.4, -0.2) is 35.4 Å². The zero-order valence-corrected chi connectivity index (χ0v) is 16.8. The Hall–Kier alpha value is -1.93. The molecular formula is C23H35NO3. The van der Waals surface area contributed by atoms with Crippen LogP contribution in [0.4, 0.5) is 0 Å². The normalized spacial score (nSPS) is 10.5. The first-order valence-corrected chi connectivity index (χ1v) is 10.1. The first-order chi connectivity index (χ1) is 13.2. The van der Waals surface area contributed by atoms with Crippen molar-refractivity contribution in [2.75, 3.05) is 13.2 Å². The number of nitrogens with one attached hydrogen (secondary N) is 1. The van der Waals surface area contributed by atoms with Crippen LogP contribution in [0, 0.1) is 35.5 Å². The van der Waals surface area contributed by atoms with E-state index in [0.717, 1.165) is 6.42 Å². The summed E-state index contributed by atoms with van der Waals surface area (Å²) in [5.74, 6) is 18.1. The van der Waals surface area contributed by atoms with Crippen LogP contribution in [0.15, 0.2) is 0 Å². The van der Waals surface area contributed by atoms with Gasteiger partial charge in [0.25, 0.3) is 0 Å². The van der Waals surface area contributed by atoms with Crippen LogP contribution in [0.25, 0.3) is 0 Å². The van der Waals surface area contributed by atoms with Gasteiger partial charge in [0.15, 0.2) is 0 Å². The minimum atomic E-state index is -0.896. The summed E-state index contributed by atoms with van der Waals surface area (Å²) in [6.07, 6.45) is 10.7. The number of amides is 1. The van der Waals surface area contributed by atoms with Gasteiger partial charge in [-0.15, -0.1) is 11.8 Å². The molecule has 0 heterocycles. The highest BCUT2D eigenvalue weighted by atomic mass is 16.3. The van der Waals surface area contributed by atoms with Crippen molar-refractivity contribution < 1.29 is 15.0 Å². The smallest absolute Gasteiger partial charge is 0.220 e. The number of aliphatic hydroxyl groups is 2. The van der Waals surface area contributed by atoms with E-state index in [1.165, 1.54) is 38.5 Å². The molecule has 0 aliphatic carbocycles. The Morgan fingerprint density at radius 2 is 1.41 bits per heavy atom. The van der Waals surface area contributed by atoms with Gasteiger partial charge in [-0.1, -0.05) is 62.7 Å². The maximum absolute atomic E-state index is 11.4. The molecule has 0 aliphatic rings. The topological polar surface area (TPSA) is 69.6 Å². The van der Waals surface area contributed by atoms with Crippen LogP contribution in [0.2, 0.25) is 0 Å². The number of hydrogen-bond acceptors (Lipinski definition) is 3. The Morgan fingerprint density at radius 3 is 2.04 bits per heavy atom. The van der Waals surface area contributed by atoms with Gasteiger partial charge in [0.05, 0.1) is 25.6 Å². The predicted molar refractivity (Wildman–Crippen MR) is 111 cm³/mol. The molecule has 1 atom stereocenters. The van der Waals surface area contributed by atoms with E-state index in [1.54, 1.807) is 0 Å². The Morgan fingerprint density at radius 1 is 0.852 bits per heavy atom. The molecule has 0 aromatic carbocycles. The number of unbranched alkanes of at least 4 members (excludes halogenated alkanes) is 7. The van der Waals surface area contributed by atoms with Crippen LogP contribution in [0.3, 0.4) is 0 Å². The highest BCUT2D eigenvalue weighted by molar-refractivity contribution is 5.75. The zero-order valence-electron chi connectivity index (χ0n) is 16.8. The molecule has 0 saturated carbocycles. The van der Waals surface area contributed by atoms with Crippen molar-refractivity contribution in [3.05, 3.63) is 0 Å². The zero-order chi connectivity index (χ0) is 20.0. The molecule has 0 fully saturated rings. The van der Waals surface area contributed by atoms with E-state index >= 15 is 0 Å². The number of hydrogen-bond donors (Lipinski definition) is 3. The summed E-state index contributed by atoms with van der Waals surface area (Å²) in [7, 11) is 0. The van der Waals surface area contributed by atoms with E-state index < -0.39 is 6.10 Å². The summed E-state index contributed by atoms with van der Waals surface area (Å²) < 4.78 is 0. The fourth-order valence-electron chi connectivity index (χ4n) is 2.23. The van der Waals surface area contributed by atoms with Gasteiger partial charge in [-0.2, -0.15) is 0 Å². The Balaban J connectivity index is 3.54. The second-order valence-corrected chi connectivity index (χ2v) is 6.43. The van der Waals surface area contributed by atoms with E-state index in [-0.39, 0.29) is 19.1 Å². The van der Waals surface area contributed by atoms with Crippen molar-refractivity contribution >= 4 is 5.91 Å². The van der Waals surface area contributed by atoms with Crippen molar-refractivity contribution in [1.82, 2.24) is 5.32 Å².